The molecule has 0 saturated heterocycles. The monoisotopic (exact) mass is 536 g/mol. The van der Waals surface area contributed by atoms with Crippen molar-refractivity contribution in [3.63, 3.8) is 0 Å². The molecule has 0 aliphatic heterocycles. The van der Waals surface area contributed by atoms with Crippen molar-refractivity contribution in [3.8, 4) is 0 Å². The molecule has 198 valence electrons. The highest BCUT2D eigenvalue weighted by Crippen LogP contribution is 2.37. The van der Waals surface area contributed by atoms with Crippen LogP contribution in [0.1, 0.15) is 55.4 Å². The van der Waals surface area contributed by atoms with Gasteiger partial charge in [0.05, 0.1) is 9.52 Å². The standard InChI is InChI=1S/C23H56N2O4Si4/c1-13-24(14-2)23(25(15-3)16-4)30-20-21-31(9,10)29-32(11,12)22(8)33(26-17-5,27-18-6)28-19-7/h22-23H,13-21H2,1-12H3. The maximum absolute atomic E-state index is 7.09. The van der Waals surface area contributed by atoms with E-state index in [1.54, 1.807) is 0 Å². The lowest BCUT2D eigenvalue weighted by Crippen LogP contribution is -2.60. The number of hydrogen-bond donors (Lipinski definition) is 0. The van der Waals surface area contributed by atoms with Crippen molar-refractivity contribution in [3.05, 3.63) is 0 Å². The zero-order valence-corrected chi connectivity index (χ0v) is 28.0. The molecule has 0 heterocycles. The van der Waals surface area contributed by atoms with E-state index in [0.29, 0.717) is 25.6 Å². The van der Waals surface area contributed by atoms with Crippen LogP contribution >= 0.6 is 0 Å². The first-order valence-electron chi connectivity index (χ1n) is 13.3. The minimum atomic E-state index is -2.79. The largest absolute Gasteiger partial charge is 0.503 e. The highest BCUT2D eigenvalue weighted by molar-refractivity contribution is 6.93. The summed E-state index contributed by atoms with van der Waals surface area (Å²) >= 11 is 0. The quantitative estimate of drug-likeness (QED) is 0.152. The van der Waals surface area contributed by atoms with Gasteiger partial charge in [-0.1, -0.05) is 40.7 Å². The van der Waals surface area contributed by atoms with Gasteiger partial charge in [0.25, 0.3) is 0 Å². The first-order chi connectivity index (χ1) is 15.4. The SMILES string of the molecule is CCO[Si](OCC)(OCC)C(C)[Si](C)(C)O[Si](C)(C)CC[Si]C(N(CC)CC)N(CC)CC. The first kappa shape index (κ1) is 33.6. The highest BCUT2D eigenvalue weighted by Gasteiger charge is 2.56. The third-order valence-electron chi connectivity index (χ3n) is 6.52. The molecular weight excluding hydrogens is 481 g/mol. The summed E-state index contributed by atoms with van der Waals surface area (Å²) in [7, 11) is -5.82. The lowest BCUT2D eigenvalue weighted by atomic mass is 10.5. The predicted molar refractivity (Wildman–Crippen MR) is 151 cm³/mol. The van der Waals surface area contributed by atoms with Gasteiger partial charge in [0, 0.05) is 30.8 Å². The third kappa shape index (κ3) is 10.6. The normalized spacial score (nSPS) is 14.6. The second-order valence-electron chi connectivity index (χ2n) is 9.61. The minimum Gasteiger partial charge on any atom is -0.455 e. The van der Waals surface area contributed by atoms with Crippen LogP contribution in [-0.4, -0.2) is 96.5 Å². The molecule has 33 heavy (non-hydrogen) atoms. The summed E-state index contributed by atoms with van der Waals surface area (Å²) in [5.74, 6) is 0.554. The second kappa shape index (κ2) is 16.4. The molecule has 0 saturated carbocycles. The summed E-state index contributed by atoms with van der Waals surface area (Å²) in [6.45, 7) is 33.2. The molecule has 0 bridgehead atoms. The lowest BCUT2D eigenvalue weighted by Gasteiger charge is -2.44. The Labute approximate surface area is 212 Å². The predicted octanol–water partition coefficient (Wildman–Crippen LogP) is 5.48. The fourth-order valence-electron chi connectivity index (χ4n) is 4.51. The molecule has 0 rings (SSSR count). The van der Waals surface area contributed by atoms with E-state index in [4.69, 9.17) is 17.4 Å². The summed E-state index contributed by atoms with van der Waals surface area (Å²) < 4.78 is 25.8. The van der Waals surface area contributed by atoms with Crippen LogP contribution in [0.15, 0.2) is 0 Å². The zero-order chi connectivity index (χ0) is 25.7. The molecule has 0 aliphatic rings. The van der Waals surface area contributed by atoms with Crippen LogP contribution in [0.2, 0.25) is 43.4 Å². The Morgan fingerprint density at radius 2 is 1.09 bits per heavy atom. The molecule has 10 heteroatoms. The van der Waals surface area contributed by atoms with Gasteiger partial charge in [-0.25, -0.2) is 0 Å². The Morgan fingerprint density at radius 1 is 0.697 bits per heavy atom. The number of nitrogens with zero attached hydrogens (tertiary/aromatic N) is 2. The van der Waals surface area contributed by atoms with Crippen molar-refractivity contribution < 1.29 is 17.4 Å². The molecule has 0 aromatic carbocycles. The Kier molecular flexibility index (Phi) is 16.7. The average Bonchev–Trinajstić information content (AvgIpc) is 2.74. The van der Waals surface area contributed by atoms with Gasteiger partial charge in [-0.3, -0.25) is 9.80 Å². The maximum atomic E-state index is 7.09. The fourth-order valence-corrected chi connectivity index (χ4v) is 22.7. The molecule has 1 atom stereocenters. The molecule has 0 fully saturated rings. The smallest absolute Gasteiger partial charge is 0.455 e. The van der Waals surface area contributed by atoms with Gasteiger partial charge in [0.2, 0.25) is 0 Å². The summed E-state index contributed by atoms with van der Waals surface area (Å²) in [5, 5.41) is 0.193. The summed E-state index contributed by atoms with van der Waals surface area (Å²) in [6, 6.07) is 2.43. The van der Waals surface area contributed by atoms with Gasteiger partial charge < -0.3 is 17.4 Å². The molecule has 0 spiro atoms. The van der Waals surface area contributed by atoms with E-state index in [-0.39, 0.29) is 5.16 Å². The van der Waals surface area contributed by atoms with Gasteiger partial charge in [0.15, 0.2) is 16.6 Å². The highest BCUT2D eigenvalue weighted by atomic mass is 28.5. The molecular formula is C23H56N2O4Si4. The summed E-state index contributed by atoms with van der Waals surface area (Å²) in [4.78, 5) is 5.24. The maximum Gasteiger partial charge on any atom is 0.503 e. The van der Waals surface area contributed by atoms with Crippen LogP contribution in [0.25, 0.3) is 0 Å². The van der Waals surface area contributed by atoms with Crippen molar-refractivity contribution in [1.82, 2.24) is 9.80 Å². The van der Waals surface area contributed by atoms with E-state index in [0.717, 1.165) is 35.7 Å². The average molecular weight is 537 g/mol. The van der Waals surface area contributed by atoms with Crippen molar-refractivity contribution in [2.75, 3.05) is 46.0 Å². The van der Waals surface area contributed by atoms with Crippen molar-refractivity contribution in [2.24, 2.45) is 0 Å². The van der Waals surface area contributed by atoms with E-state index in [9.17, 15) is 0 Å². The second-order valence-corrected chi connectivity index (χ2v) is 23.5. The number of hydrogen-bond acceptors (Lipinski definition) is 6. The molecule has 0 N–H and O–H groups in total. The third-order valence-corrected chi connectivity index (χ3v) is 22.8. The van der Waals surface area contributed by atoms with Crippen LogP contribution in [0, 0.1) is 0 Å². The Hall–Kier alpha value is 0.628. The topological polar surface area (TPSA) is 43.4 Å². The molecule has 0 aromatic rings. The Bertz CT molecular complexity index is 478. The van der Waals surface area contributed by atoms with Crippen LogP contribution in [0.3, 0.4) is 0 Å². The van der Waals surface area contributed by atoms with Gasteiger partial charge in [-0.05, 0) is 79.2 Å². The lowest BCUT2D eigenvalue weighted by molar-refractivity contribution is 0.0675. The van der Waals surface area contributed by atoms with Crippen molar-refractivity contribution in [2.45, 2.75) is 105 Å². The number of rotatable bonds is 20. The molecule has 0 amide bonds. The van der Waals surface area contributed by atoms with Crippen LogP contribution in [0.5, 0.6) is 0 Å². The fraction of sp³-hybridized carbons (Fsp3) is 1.00. The molecule has 0 aliphatic carbocycles. The van der Waals surface area contributed by atoms with Gasteiger partial charge >= 0.3 is 8.80 Å². The van der Waals surface area contributed by atoms with E-state index in [1.165, 1.54) is 12.1 Å². The van der Waals surface area contributed by atoms with Crippen molar-refractivity contribution >= 4 is 35.0 Å². The van der Waals surface area contributed by atoms with Crippen molar-refractivity contribution in [1.29, 1.82) is 0 Å². The summed E-state index contributed by atoms with van der Waals surface area (Å²) in [6.07, 6.45) is 0. The van der Waals surface area contributed by atoms with Gasteiger partial charge in [-0.2, -0.15) is 0 Å². The Morgan fingerprint density at radius 3 is 1.42 bits per heavy atom. The molecule has 1 unspecified atom stereocenters. The first-order valence-corrected chi connectivity index (χ1v) is 22.5. The van der Waals surface area contributed by atoms with E-state index < -0.39 is 25.4 Å². The van der Waals surface area contributed by atoms with Gasteiger partial charge in [0.1, 0.15) is 0 Å². The van der Waals surface area contributed by atoms with Crippen LogP contribution in [-0.2, 0) is 17.4 Å². The van der Waals surface area contributed by atoms with Crippen LogP contribution in [0.4, 0.5) is 0 Å². The summed E-state index contributed by atoms with van der Waals surface area (Å²) in [5.41, 5.74) is 0. The van der Waals surface area contributed by atoms with E-state index in [2.05, 4.69) is 70.6 Å². The molecule has 2 radical (unpaired) electrons. The van der Waals surface area contributed by atoms with Gasteiger partial charge in [-0.15, -0.1) is 0 Å². The molecule has 0 aromatic heterocycles. The zero-order valence-electron chi connectivity index (χ0n) is 24.0. The Balaban J connectivity index is 5.37. The van der Waals surface area contributed by atoms with Crippen LogP contribution < -0.4 is 0 Å². The minimum absolute atomic E-state index is 0.193. The van der Waals surface area contributed by atoms with E-state index in [1.807, 2.05) is 20.8 Å². The van der Waals surface area contributed by atoms with E-state index >= 15 is 0 Å². The molecule has 6 nitrogen and oxygen atoms in total.